The predicted molar refractivity (Wildman–Crippen MR) is 87.1 cm³/mol. The summed E-state index contributed by atoms with van der Waals surface area (Å²) >= 11 is 5.99. The maximum Gasteiger partial charge on any atom is 0.255 e. The third kappa shape index (κ3) is 4.05. The third-order valence-corrected chi connectivity index (χ3v) is 3.48. The van der Waals surface area contributed by atoms with E-state index in [2.05, 4.69) is 17.2 Å². The van der Waals surface area contributed by atoms with Gasteiger partial charge in [-0.2, -0.15) is 0 Å². The minimum absolute atomic E-state index is 0.176. The van der Waals surface area contributed by atoms with Crippen LogP contribution in [0.4, 0.5) is 5.69 Å². The van der Waals surface area contributed by atoms with Crippen molar-refractivity contribution in [2.45, 2.75) is 33.1 Å². The first-order valence-corrected chi connectivity index (χ1v) is 7.45. The average Bonchev–Trinajstić information content (AvgIpc) is 2.47. The highest BCUT2D eigenvalue weighted by Gasteiger charge is 2.11. The van der Waals surface area contributed by atoms with Crippen molar-refractivity contribution in [2.75, 3.05) is 5.32 Å². The molecule has 0 spiro atoms. The van der Waals surface area contributed by atoms with Gasteiger partial charge >= 0.3 is 0 Å². The van der Waals surface area contributed by atoms with Gasteiger partial charge < -0.3 is 5.32 Å². The molecular weight excluding hydrogens is 284 g/mol. The summed E-state index contributed by atoms with van der Waals surface area (Å²) < 4.78 is 0. The van der Waals surface area contributed by atoms with E-state index in [9.17, 15) is 4.79 Å². The Morgan fingerprint density at radius 2 is 1.90 bits per heavy atom. The Morgan fingerprint density at radius 1 is 1.24 bits per heavy atom. The second-order valence-corrected chi connectivity index (χ2v) is 5.65. The Labute approximate surface area is 130 Å². The predicted octanol–water partition coefficient (Wildman–Crippen LogP) is 4.67. The molecule has 1 aromatic heterocycles. The molecule has 1 amide bonds. The van der Waals surface area contributed by atoms with E-state index in [1.54, 1.807) is 12.1 Å². The molecule has 0 saturated carbocycles. The molecule has 1 N–H and O–H groups in total. The smallest absolute Gasteiger partial charge is 0.255 e. The van der Waals surface area contributed by atoms with Gasteiger partial charge in [0.25, 0.3) is 5.91 Å². The van der Waals surface area contributed by atoms with Gasteiger partial charge in [0.2, 0.25) is 0 Å². The summed E-state index contributed by atoms with van der Waals surface area (Å²) in [5.74, 6) is 0.0459. The summed E-state index contributed by atoms with van der Waals surface area (Å²) in [5.41, 5.74) is 3.35. The van der Waals surface area contributed by atoms with Crippen LogP contribution < -0.4 is 5.32 Å². The maximum absolute atomic E-state index is 12.3. The second kappa shape index (κ2) is 6.72. The minimum atomic E-state index is -0.176. The number of benzene rings is 1. The van der Waals surface area contributed by atoms with Crippen LogP contribution in [0.1, 0.15) is 48.3 Å². The van der Waals surface area contributed by atoms with E-state index in [1.165, 1.54) is 5.56 Å². The van der Waals surface area contributed by atoms with Crippen LogP contribution in [0, 0.1) is 0 Å². The van der Waals surface area contributed by atoms with Crippen molar-refractivity contribution >= 4 is 23.2 Å². The molecule has 4 heteroatoms. The Hall–Kier alpha value is -1.87. The maximum atomic E-state index is 12.3. The van der Waals surface area contributed by atoms with Crippen LogP contribution in [0.25, 0.3) is 0 Å². The van der Waals surface area contributed by atoms with Crippen molar-refractivity contribution < 1.29 is 4.79 Å². The molecule has 0 aliphatic rings. The molecule has 21 heavy (non-hydrogen) atoms. The number of anilines is 1. The van der Waals surface area contributed by atoms with Crippen molar-refractivity contribution in [1.29, 1.82) is 0 Å². The lowest BCUT2D eigenvalue weighted by atomic mass is 10.1. The number of aryl methyl sites for hydroxylation is 1. The number of nitrogens with one attached hydrogen (secondary N) is 1. The Bertz CT molecular complexity index is 636. The first kappa shape index (κ1) is 15.5. The number of carbonyl (C=O) groups excluding carboxylic acids is 1. The molecule has 0 fully saturated rings. The van der Waals surface area contributed by atoms with Gasteiger partial charge in [0.15, 0.2) is 0 Å². The number of rotatable bonds is 4. The van der Waals surface area contributed by atoms with Crippen LogP contribution in [0.3, 0.4) is 0 Å². The van der Waals surface area contributed by atoms with Crippen molar-refractivity contribution in [1.82, 2.24) is 4.98 Å². The highest BCUT2D eigenvalue weighted by molar-refractivity contribution is 6.29. The molecule has 3 nitrogen and oxygen atoms in total. The molecule has 2 rings (SSSR count). The van der Waals surface area contributed by atoms with Crippen LogP contribution in [-0.2, 0) is 6.42 Å². The van der Waals surface area contributed by atoms with E-state index >= 15 is 0 Å². The summed E-state index contributed by atoms with van der Waals surface area (Å²) in [4.78, 5) is 16.5. The largest absolute Gasteiger partial charge is 0.322 e. The molecule has 0 radical (unpaired) electrons. The van der Waals surface area contributed by atoms with Gasteiger partial charge in [0.1, 0.15) is 5.15 Å². The van der Waals surface area contributed by atoms with Gasteiger partial charge in [-0.3, -0.25) is 4.79 Å². The van der Waals surface area contributed by atoms with E-state index in [0.29, 0.717) is 10.7 Å². The number of amides is 1. The Balaban J connectivity index is 2.19. The zero-order valence-electron chi connectivity index (χ0n) is 12.5. The monoisotopic (exact) mass is 302 g/mol. The number of pyridine rings is 1. The van der Waals surface area contributed by atoms with Crippen LogP contribution >= 0.6 is 11.6 Å². The highest BCUT2D eigenvalue weighted by Crippen LogP contribution is 2.19. The van der Waals surface area contributed by atoms with E-state index in [0.717, 1.165) is 17.8 Å². The fraction of sp³-hybridized carbons (Fsp3) is 0.294. The SMILES string of the molecule is CCc1ccc(NC(=O)c2cc(Cl)nc(C(C)C)c2)cc1. The molecule has 0 aliphatic heterocycles. The van der Waals surface area contributed by atoms with E-state index < -0.39 is 0 Å². The summed E-state index contributed by atoms with van der Waals surface area (Å²) in [6.45, 7) is 6.13. The summed E-state index contributed by atoms with van der Waals surface area (Å²) in [6, 6.07) is 11.2. The molecule has 110 valence electrons. The average molecular weight is 303 g/mol. The fourth-order valence-electron chi connectivity index (χ4n) is 1.97. The van der Waals surface area contributed by atoms with Crippen LogP contribution in [-0.4, -0.2) is 10.9 Å². The normalized spacial score (nSPS) is 10.7. The molecule has 0 bridgehead atoms. The quantitative estimate of drug-likeness (QED) is 0.834. The fourth-order valence-corrected chi connectivity index (χ4v) is 2.19. The zero-order chi connectivity index (χ0) is 15.4. The lowest BCUT2D eigenvalue weighted by Crippen LogP contribution is -2.13. The summed E-state index contributed by atoms with van der Waals surface area (Å²) in [5, 5.41) is 3.22. The van der Waals surface area contributed by atoms with Crippen molar-refractivity contribution in [3.63, 3.8) is 0 Å². The Kier molecular flexibility index (Phi) is 4.97. The van der Waals surface area contributed by atoms with Gasteiger partial charge in [-0.1, -0.05) is 44.5 Å². The topological polar surface area (TPSA) is 42.0 Å². The van der Waals surface area contributed by atoms with Gasteiger partial charge in [-0.05, 0) is 42.2 Å². The van der Waals surface area contributed by atoms with Crippen LogP contribution in [0.5, 0.6) is 0 Å². The summed E-state index contributed by atoms with van der Waals surface area (Å²) in [7, 11) is 0. The lowest BCUT2D eigenvalue weighted by Gasteiger charge is -2.09. The zero-order valence-corrected chi connectivity index (χ0v) is 13.2. The van der Waals surface area contributed by atoms with Crippen LogP contribution in [0.2, 0.25) is 5.15 Å². The molecule has 1 heterocycles. The van der Waals surface area contributed by atoms with E-state index in [-0.39, 0.29) is 11.8 Å². The van der Waals surface area contributed by atoms with Crippen molar-refractivity contribution in [3.8, 4) is 0 Å². The molecule has 0 unspecified atom stereocenters. The number of hydrogen-bond acceptors (Lipinski definition) is 2. The van der Waals surface area contributed by atoms with Crippen LogP contribution in [0.15, 0.2) is 36.4 Å². The molecule has 0 aliphatic carbocycles. The van der Waals surface area contributed by atoms with E-state index in [1.807, 2.05) is 38.1 Å². The number of nitrogens with zero attached hydrogens (tertiary/aromatic N) is 1. The second-order valence-electron chi connectivity index (χ2n) is 5.26. The first-order valence-electron chi connectivity index (χ1n) is 7.07. The lowest BCUT2D eigenvalue weighted by molar-refractivity contribution is 0.102. The van der Waals surface area contributed by atoms with Crippen molar-refractivity contribution in [3.05, 3.63) is 58.4 Å². The number of halogens is 1. The van der Waals surface area contributed by atoms with Crippen molar-refractivity contribution in [2.24, 2.45) is 0 Å². The molecule has 2 aromatic rings. The standard InChI is InChI=1S/C17H19ClN2O/c1-4-12-5-7-14(8-6-12)19-17(21)13-9-15(11(2)3)20-16(18)10-13/h5-11H,4H2,1-3H3,(H,19,21). The first-order chi connectivity index (χ1) is 9.99. The van der Waals surface area contributed by atoms with E-state index in [4.69, 9.17) is 11.6 Å². The molecule has 0 saturated heterocycles. The summed E-state index contributed by atoms with van der Waals surface area (Å²) in [6.07, 6.45) is 0.978. The molecule has 0 atom stereocenters. The number of hydrogen-bond donors (Lipinski definition) is 1. The number of aromatic nitrogens is 1. The van der Waals surface area contributed by atoms with Gasteiger partial charge in [-0.15, -0.1) is 0 Å². The van der Waals surface area contributed by atoms with Gasteiger partial charge in [-0.25, -0.2) is 4.98 Å². The van der Waals surface area contributed by atoms with Gasteiger partial charge in [0, 0.05) is 16.9 Å². The number of carbonyl (C=O) groups is 1. The Morgan fingerprint density at radius 3 is 2.48 bits per heavy atom. The highest BCUT2D eigenvalue weighted by atomic mass is 35.5. The third-order valence-electron chi connectivity index (χ3n) is 3.29. The minimum Gasteiger partial charge on any atom is -0.322 e. The van der Waals surface area contributed by atoms with Gasteiger partial charge in [0.05, 0.1) is 0 Å². The molecular formula is C17H19ClN2O. The molecule has 1 aromatic carbocycles.